The van der Waals surface area contributed by atoms with Gasteiger partial charge in [0.15, 0.2) is 5.65 Å². The van der Waals surface area contributed by atoms with Crippen LogP contribution in [0.3, 0.4) is 0 Å². The summed E-state index contributed by atoms with van der Waals surface area (Å²) in [6.45, 7) is 7.08. The molecule has 0 aliphatic rings. The quantitative estimate of drug-likeness (QED) is 0.759. The topological polar surface area (TPSA) is 59.8 Å². The molecule has 0 fully saturated rings. The predicted molar refractivity (Wildman–Crippen MR) is 96.5 cm³/mol. The van der Waals surface area contributed by atoms with E-state index in [-0.39, 0.29) is 18.0 Å². The molecule has 0 aliphatic carbocycles. The van der Waals surface area contributed by atoms with E-state index in [0.717, 1.165) is 16.8 Å². The first-order valence-electron chi connectivity index (χ1n) is 8.26. The third kappa shape index (κ3) is 3.29. The Bertz CT molecular complexity index is 995. The van der Waals surface area contributed by atoms with Gasteiger partial charge >= 0.3 is 0 Å². The number of rotatable bonds is 4. The zero-order valence-electron chi connectivity index (χ0n) is 15.1. The molecule has 26 heavy (non-hydrogen) atoms. The van der Waals surface area contributed by atoms with Crippen LogP contribution >= 0.6 is 0 Å². The molecule has 0 bridgehead atoms. The van der Waals surface area contributed by atoms with Gasteiger partial charge in [-0.05, 0) is 51.0 Å². The number of anilines is 1. The number of benzene rings is 1. The molecule has 2 heterocycles. The number of amides is 1. The average molecular weight is 358 g/mol. The molecule has 1 amide bonds. The van der Waals surface area contributed by atoms with Crippen molar-refractivity contribution in [2.24, 2.45) is 0 Å². The Hall–Kier alpha value is -2.83. The van der Waals surface area contributed by atoms with Crippen molar-refractivity contribution in [1.29, 1.82) is 0 Å². The summed E-state index contributed by atoms with van der Waals surface area (Å²) in [4.78, 5) is 16.8. The molecular weight excluding hydrogens is 338 g/mol. The minimum atomic E-state index is -2.63. The first kappa shape index (κ1) is 18.0. The molecule has 0 saturated carbocycles. The summed E-state index contributed by atoms with van der Waals surface area (Å²) in [6.07, 6.45) is -2.63. The molecule has 0 atom stereocenters. The van der Waals surface area contributed by atoms with E-state index in [0.29, 0.717) is 22.4 Å². The van der Waals surface area contributed by atoms with E-state index < -0.39 is 6.43 Å². The summed E-state index contributed by atoms with van der Waals surface area (Å²) in [7, 11) is 0. The maximum absolute atomic E-state index is 13.4. The zero-order chi connectivity index (χ0) is 19.0. The van der Waals surface area contributed by atoms with Gasteiger partial charge in [-0.15, -0.1) is 0 Å². The maximum Gasteiger partial charge on any atom is 0.264 e. The number of aromatic nitrogens is 3. The van der Waals surface area contributed by atoms with Gasteiger partial charge in [-0.3, -0.25) is 4.79 Å². The van der Waals surface area contributed by atoms with Crippen LogP contribution in [0.5, 0.6) is 0 Å². The SMILES string of the molecule is Cc1cc(C(F)F)c2c(C)nn(CC(=O)Nc3cccc(C)c3C)c2n1. The lowest BCUT2D eigenvalue weighted by Gasteiger charge is -2.11. The normalized spacial score (nSPS) is 11.3. The van der Waals surface area contributed by atoms with Crippen LogP contribution in [0.2, 0.25) is 0 Å². The number of nitrogens with zero attached hydrogens (tertiary/aromatic N) is 3. The van der Waals surface area contributed by atoms with Gasteiger partial charge in [-0.1, -0.05) is 12.1 Å². The van der Waals surface area contributed by atoms with E-state index in [9.17, 15) is 13.6 Å². The van der Waals surface area contributed by atoms with Crippen LogP contribution < -0.4 is 5.32 Å². The van der Waals surface area contributed by atoms with Gasteiger partial charge in [0.2, 0.25) is 5.91 Å². The van der Waals surface area contributed by atoms with Gasteiger partial charge in [0.25, 0.3) is 6.43 Å². The van der Waals surface area contributed by atoms with Gasteiger partial charge in [-0.25, -0.2) is 18.4 Å². The second-order valence-corrected chi connectivity index (χ2v) is 6.39. The smallest absolute Gasteiger partial charge is 0.264 e. The lowest BCUT2D eigenvalue weighted by Crippen LogP contribution is -2.20. The van der Waals surface area contributed by atoms with Gasteiger partial charge in [0.1, 0.15) is 6.54 Å². The Labute approximate surface area is 150 Å². The fraction of sp³-hybridized carbons (Fsp3) is 0.316. The van der Waals surface area contributed by atoms with E-state index in [1.165, 1.54) is 10.7 Å². The molecule has 0 saturated heterocycles. The van der Waals surface area contributed by atoms with Crippen molar-refractivity contribution in [3.8, 4) is 0 Å². The molecule has 136 valence electrons. The largest absolute Gasteiger partial charge is 0.324 e. The molecule has 3 rings (SSSR count). The van der Waals surface area contributed by atoms with Crippen LogP contribution in [0.25, 0.3) is 11.0 Å². The number of hydrogen-bond acceptors (Lipinski definition) is 3. The molecule has 0 unspecified atom stereocenters. The van der Waals surface area contributed by atoms with Crippen molar-refractivity contribution < 1.29 is 13.6 Å². The van der Waals surface area contributed by atoms with Gasteiger partial charge < -0.3 is 5.32 Å². The number of alkyl halides is 2. The van der Waals surface area contributed by atoms with E-state index in [4.69, 9.17) is 0 Å². The van der Waals surface area contributed by atoms with Crippen molar-refractivity contribution in [3.63, 3.8) is 0 Å². The van der Waals surface area contributed by atoms with Crippen molar-refractivity contribution in [3.05, 3.63) is 52.3 Å². The first-order chi connectivity index (χ1) is 12.3. The maximum atomic E-state index is 13.4. The monoisotopic (exact) mass is 358 g/mol. The van der Waals surface area contributed by atoms with Gasteiger partial charge in [0.05, 0.1) is 11.1 Å². The molecule has 0 spiro atoms. The van der Waals surface area contributed by atoms with Crippen LogP contribution in [0, 0.1) is 27.7 Å². The van der Waals surface area contributed by atoms with Crippen LogP contribution in [0.1, 0.15) is 34.5 Å². The molecule has 7 heteroatoms. The average Bonchev–Trinajstić information content (AvgIpc) is 2.86. The van der Waals surface area contributed by atoms with Crippen molar-refractivity contribution in [1.82, 2.24) is 14.8 Å². The fourth-order valence-corrected chi connectivity index (χ4v) is 3.01. The summed E-state index contributed by atoms with van der Waals surface area (Å²) in [5, 5.41) is 7.42. The predicted octanol–water partition coefficient (Wildman–Crippen LogP) is 4.24. The number of aryl methyl sites for hydroxylation is 3. The fourth-order valence-electron chi connectivity index (χ4n) is 3.01. The molecule has 2 aromatic heterocycles. The van der Waals surface area contributed by atoms with Crippen molar-refractivity contribution >= 4 is 22.6 Å². The van der Waals surface area contributed by atoms with Crippen LogP contribution in [-0.4, -0.2) is 20.7 Å². The van der Waals surface area contributed by atoms with Crippen LogP contribution in [0.15, 0.2) is 24.3 Å². The zero-order valence-corrected chi connectivity index (χ0v) is 15.1. The van der Waals surface area contributed by atoms with E-state index in [2.05, 4.69) is 15.4 Å². The molecule has 1 N–H and O–H groups in total. The number of carbonyl (C=O) groups is 1. The molecule has 5 nitrogen and oxygen atoms in total. The number of nitrogens with one attached hydrogen (secondary N) is 1. The van der Waals surface area contributed by atoms with Crippen LogP contribution in [-0.2, 0) is 11.3 Å². The number of halogens is 2. The van der Waals surface area contributed by atoms with Gasteiger partial charge in [-0.2, -0.15) is 5.10 Å². The highest BCUT2D eigenvalue weighted by Gasteiger charge is 2.20. The third-order valence-electron chi connectivity index (χ3n) is 4.44. The lowest BCUT2D eigenvalue weighted by molar-refractivity contribution is -0.116. The highest BCUT2D eigenvalue weighted by Crippen LogP contribution is 2.30. The van der Waals surface area contributed by atoms with Crippen molar-refractivity contribution in [2.75, 3.05) is 5.32 Å². The summed E-state index contributed by atoms with van der Waals surface area (Å²) in [6, 6.07) is 7.02. The van der Waals surface area contributed by atoms with Gasteiger partial charge in [0, 0.05) is 16.9 Å². The standard InChI is InChI=1S/C19H20F2N4O/c1-10-6-5-7-15(12(10)3)23-16(26)9-25-19-17(13(4)24-25)14(18(20)21)8-11(2)22-19/h5-8,18H,9H2,1-4H3,(H,23,26). The Morgan fingerprint density at radius 2 is 1.96 bits per heavy atom. The number of carbonyl (C=O) groups excluding carboxylic acids is 1. The Morgan fingerprint density at radius 3 is 2.65 bits per heavy atom. The minimum Gasteiger partial charge on any atom is -0.324 e. The molecule has 0 aliphatic heterocycles. The van der Waals surface area contributed by atoms with E-state index >= 15 is 0 Å². The van der Waals surface area contributed by atoms with E-state index in [1.54, 1.807) is 13.8 Å². The van der Waals surface area contributed by atoms with E-state index in [1.807, 2.05) is 32.0 Å². The molecular formula is C19H20F2N4O. The Morgan fingerprint density at radius 1 is 1.23 bits per heavy atom. The Balaban J connectivity index is 1.94. The Kier molecular flexibility index (Phi) is 4.71. The number of hydrogen-bond donors (Lipinski definition) is 1. The highest BCUT2D eigenvalue weighted by atomic mass is 19.3. The third-order valence-corrected chi connectivity index (χ3v) is 4.44. The summed E-state index contributed by atoms with van der Waals surface area (Å²) < 4.78 is 28.1. The molecule has 1 aromatic carbocycles. The number of pyridine rings is 1. The molecule has 0 radical (unpaired) electrons. The second-order valence-electron chi connectivity index (χ2n) is 6.39. The summed E-state index contributed by atoms with van der Waals surface area (Å²) >= 11 is 0. The second kappa shape index (κ2) is 6.82. The first-order valence-corrected chi connectivity index (χ1v) is 8.26. The lowest BCUT2D eigenvalue weighted by atomic mass is 10.1. The highest BCUT2D eigenvalue weighted by molar-refractivity contribution is 5.92. The summed E-state index contributed by atoms with van der Waals surface area (Å²) in [5.74, 6) is -0.287. The number of fused-ring (bicyclic) bond motifs is 1. The molecule has 3 aromatic rings. The van der Waals surface area contributed by atoms with Crippen LogP contribution in [0.4, 0.5) is 14.5 Å². The van der Waals surface area contributed by atoms with Crippen molar-refractivity contribution in [2.45, 2.75) is 40.7 Å². The summed E-state index contributed by atoms with van der Waals surface area (Å²) in [5.41, 5.74) is 3.87. The minimum absolute atomic E-state index is 0.100.